The zero-order valence-electron chi connectivity index (χ0n) is 15.9. The first kappa shape index (κ1) is 17.8. The number of carbonyl (C=O) groups is 1. The maximum atomic E-state index is 11.9. The van der Waals surface area contributed by atoms with E-state index in [-0.39, 0.29) is 23.9 Å². The fraction of sp³-hybridized carbons (Fsp3) is 0.476. The number of ether oxygens (including phenoxy) is 1. The van der Waals surface area contributed by atoms with Gasteiger partial charge < -0.3 is 14.7 Å². The van der Waals surface area contributed by atoms with Crippen LogP contribution in [0.4, 0.5) is 0 Å². The summed E-state index contributed by atoms with van der Waals surface area (Å²) in [5.41, 5.74) is 0.538. The molecule has 1 aromatic carbocycles. The largest absolute Gasteiger partial charge is 0.497 e. The van der Waals surface area contributed by atoms with Gasteiger partial charge in [0.2, 0.25) is 0 Å². The summed E-state index contributed by atoms with van der Waals surface area (Å²) in [6.07, 6.45) is 6.84. The van der Waals surface area contributed by atoms with Crippen molar-refractivity contribution >= 4 is 18.0 Å². The van der Waals surface area contributed by atoms with E-state index in [2.05, 4.69) is 28.9 Å². The predicted molar refractivity (Wildman–Crippen MR) is 104 cm³/mol. The van der Waals surface area contributed by atoms with Crippen LogP contribution >= 0.6 is 0 Å². The Kier molecular flexibility index (Phi) is 4.29. The minimum Gasteiger partial charge on any atom is -0.497 e. The van der Waals surface area contributed by atoms with Gasteiger partial charge in [0.1, 0.15) is 11.6 Å². The third-order valence-corrected chi connectivity index (χ3v) is 6.45. The number of hydrogen-bond donors (Lipinski definition) is 1. The van der Waals surface area contributed by atoms with Crippen molar-refractivity contribution in [2.75, 3.05) is 7.11 Å². The molecule has 4 rings (SSSR count). The molecule has 27 heavy (non-hydrogen) atoms. The molecule has 6 heteroatoms. The molecule has 142 valence electrons. The lowest BCUT2D eigenvalue weighted by molar-refractivity contribution is -0.144. The van der Waals surface area contributed by atoms with Gasteiger partial charge >= 0.3 is 5.97 Å². The van der Waals surface area contributed by atoms with Gasteiger partial charge in [0, 0.05) is 18.3 Å². The third kappa shape index (κ3) is 2.74. The van der Waals surface area contributed by atoms with Crippen LogP contribution in [0.2, 0.25) is 0 Å². The average molecular weight is 367 g/mol. The molecule has 6 nitrogen and oxygen atoms in total. The van der Waals surface area contributed by atoms with Crippen LogP contribution in [0, 0.1) is 17.3 Å². The molecule has 5 atom stereocenters. The van der Waals surface area contributed by atoms with Crippen molar-refractivity contribution in [1.29, 1.82) is 0 Å². The Morgan fingerprint density at radius 3 is 2.70 bits per heavy atom. The van der Waals surface area contributed by atoms with Gasteiger partial charge in [0.25, 0.3) is 0 Å². The van der Waals surface area contributed by atoms with Gasteiger partial charge in [-0.1, -0.05) is 26.0 Å². The fourth-order valence-electron chi connectivity index (χ4n) is 4.72. The second-order valence-electron chi connectivity index (χ2n) is 7.66. The molecule has 0 bridgehead atoms. The normalized spacial score (nSPS) is 34.0. The summed E-state index contributed by atoms with van der Waals surface area (Å²) in [6, 6.07) is 8.15. The Bertz CT molecular complexity index is 830. The van der Waals surface area contributed by atoms with Crippen LogP contribution < -0.4 is 4.74 Å². The number of benzene rings is 1. The van der Waals surface area contributed by atoms with Crippen LogP contribution in [0.3, 0.4) is 0 Å². The topological polar surface area (TPSA) is 74.5 Å². The standard InChI is InChI=1S/C21H25N3O3/c1-4-21(20(25)26)11-16(21)18-13(2)19(14-5-7-15(27-3)8-6-14)24-10-9-22-12-17(24)23-18/h5-10,12-13,16,18-19H,4,11H2,1-3H3,(H,25,26). The molecular formula is C21H25N3O3. The Balaban J connectivity index is 1.71. The van der Waals surface area contributed by atoms with Crippen molar-refractivity contribution in [3.63, 3.8) is 0 Å². The minimum atomic E-state index is -0.692. The van der Waals surface area contributed by atoms with Crippen molar-refractivity contribution in [3.8, 4) is 5.75 Å². The number of hydrogen-bond acceptors (Lipinski definition) is 5. The SMILES string of the molecule is CCC1(C(=O)O)CC1C1N=C2C=NC=CN2C(c2ccc(OC)cc2)C1C. The van der Waals surface area contributed by atoms with Gasteiger partial charge in [-0.2, -0.15) is 0 Å². The Morgan fingerprint density at radius 1 is 1.37 bits per heavy atom. The molecular weight excluding hydrogens is 342 g/mol. The van der Waals surface area contributed by atoms with Crippen LogP contribution in [0.25, 0.3) is 0 Å². The molecule has 1 N–H and O–H groups in total. The first-order chi connectivity index (χ1) is 13.0. The van der Waals surface area contributed by atoms with E-state index in [1.807, 2.05) is 25.3 Å². The molecule has 0 aromatic heterocycles. The van der Waals surface area contributed by atoms with E-state index in [4.69, 9.17) is 9.73 Å². The molecule has 3 aliphatic rings. The molecule has 0 amide bonds. The lowest BCUT2D eigenvalue weighted by Gasteiger charge is -2.43. The van der Waals surface area contributed by atoms with Crippen LogP contribution in [0.1, 0.15) is 38.3 Å². The summed E-state index contributed by atoms with van der Waals surface area (Å²) < 4.78 is 5.29. The lowest BCUT2D eigenvalue weighted by Crippen LogP contribution is -2.46. The van der Waals surface area contributed by atoms with Crippen molar-refractivity contribution in [2.45, 2.75) is 38.8 Å². The molecule has 1 fully saturated rings. The molecule has 2 aliphatic heterocycles. The molecule has 1 aliphatic carbocycles. The number of methoxy groups -OCH3 is 1. The van der Waals surface area contributed by atoms with Crippen molar-refractivity contribution < 1.29 is 14.6 Å². The molecule has 2 heterocycles. The average Bonchev–Trinajstić information content (AvgIpc) is 3.44. The van der Waals surface area contributed by atoms with Gasteiger partial charge in [0.05, 0.1) is 30.8 Å². The Morgan fingerprint density at radius 2 is 2.11 bits per heavy atom. The third-order valence-electron chi connectivity index (χ3n) is 6.45. The van der Waals surface area contributed by atoms with E-state index in [1.54, 1.807) is 19.5 Å². The van der Waals surface area contributed by atoms with Crippen LogP contribution in [-0.2, 0) is 4.79 Å². The van der Waals surface area contributed by atoms with Crippen molar-refractivity contribution in [3.05, 3.63) is 42.2 Å². The van der Waals surface area contributed by atoms with Gasteiger partial charge in [0.15, 0.2) is 0 Å². The summed E-state index contributed by atoms with van der Waals surface area (Å²) in [5, 5.41) is 9.75. The second-order valence-corrected chi connectivity index (χ2v) is 7.66. The summed E-state index contributed by atoms with van der Waals surface area (Å²) in [7, 11) is 1.66. The molecule has 0 saturated heterocycles. The highest BCUT2D eigenvalue weighted by Gasteiger charge is 2.64. The van der Waals surface area contributed by atoms with E-state index in [0.29, 0.717) is 12.8 Å². The van der Waals surface area contributed by atoms with E-state index in [9.17, 15) is 9.90 Å². The van der Waals surface area contributed by atoms with Gasteiger partial charge in [-0.15, -0.1) is 0 Å². The highest BCUT2D eigenvalue weighted by atomic mass is 16.5. The van der Waals surface area contributed by atoms with E-state index in [0.717, 1.165) is 11.6 Å². The first-order valence-electron chi connectivity index (χ1n) is 9.45. The predicted octanol–water partition coefficient (Wildman–Crippen LogP) is 3.51. The van der Waals surface area contributed by atoms with Gasteiger partial charge in [-0.25, -0.2) is 0 Å². The van der Waals surface area contributed by atoms with Crippen LogP contribution in [0.15, 0.2) is 46.7 Å². The maximum Gasteiger partial charge on any atom is 0.309 e. The molecule has 1 saturated carbocycles. The molecule has 5 unspecified atom stereocenters. The zero-order chi connectivity index (χ0) is 19.2. The smallest absolute Gasteiger partial charge is 0.309 e. The summed E-state index contributed by atoms with van der Waals surface area (Å²) >= 11 is 0. The highest BCUT2D eigenvalue weighted by molar-refractivity contribution is 6.30. The number of carboxylic acids is 1. The van der Waals surface area contributed by atoms with E-state index >= 15 is 0 Å². The van der Waals surface area contributed by atoms with Crippen LogP contribution in [0.5, 0.6) is 5.75 Å². The number of fused-ring (bicyclic) bond motifs is 1. The fourth-order valence-corrected chi connectivity index (χ4v) is 4.72. The molecule has 0 radical (unpaired) electrons. The van der Waals surface area contributed by atoms with Crippen LogP contribution in [-0.4, -0.2) is 41.2 Å². The number of nitrogens with zero attached hydrogens (tertiary/aromatic N) is 3. The molecule has 0 spiro atoms. The Hall–Kier alpha value is -2.63. The summed E-state index contributed by atoms with van der Waals surface area (Å²) in [4.78, 5) is 23.2. The second kappa shape index (κ2) is 6.51. The monoisotopic (exact) mass is 367 g/mol. The quantitative estimate of drug-likeness (QED) is 0.864. The maximum absolute atomic E-state index is 11.9. The van der Waals surface area contributed by atoms with E-state index in [1.165, 1.54) is 5.56 Å². The lowest BCUT2D eigenvalue weighted by atomic mass is 9.81. The van der Waals surface area contributed by atoms with Crippen molar-refractivity contribution in [1.82, 2.24) is 4.90 Å². The van der Waals surface area contributed by atoms with Gasteiger partial charge in [-0.3, -0.25) is 14.8 Å². The number of amidine groups is 1. The zero-order valence-corrected chi connectivity index (χ0v) is 15.9. The summed E-state index contributed by atoms with van der Waals surface area (Å²) in [5.74, 6) is 1.19. The van der Waals surface area contributed by atoms with Crippen molar-refractivity contribution in [2.24, 2.45) is 27.2 Å². The first-order valence-corrected chi connectivity index (χ1v) is 9.45. The van der Waals surface area contributed by atoms with E-state index < -0.39 is 11.4 Å². The number of aliphatic carboxylic acids is 1. The molecule has 1 aromatic rings. The Labute approximate surface area is 159 Å². The number of aliphatic imine (C=N–C) groups is 2. The number of carboxylic acid groups (broad SMARTS) is 1. The van der Waals surface area contributed by atoms with Gasteiger partial charge in [-0.05, 0) is 36.5 Å². The minimum absolute atomic E-state index is 0.0302. The summed E-state index contributed by atoms with van der Waals surface area (Å²) in [6.45, 7) is 4.15. The number of rotatable bonds is 5. The highest BCUT2D eigenvalue weighted by Crippen LogP contribution is 2.60.